The van der Waals surface area contributed by atoms with Gasteiger partial charge in [0.2, 0.25) is 0 Å². The Labute approximate surface area is 155 Å². The Hall–Kier alpha value is -3.80. The van der Waals surface area contributed by atoms with Crippen LogP contribution in [0.4, 0.5) is 0 Å². The molecule has 0 unspecified atom stereocenters. The highest BCUT2D eigenvalue weighted by Gasteiger charge is 2.10. The van der Waals surface area contributed by atoms with E-state index in [9.17, 15) is 4.79 Å². The number of carbonyl (C=O) groups is 1. The lowest BCUT2D eigenvalue weighted by molar-refractivity contribution is 0.0929. The molecule has 4 aromatic rings. The van der Waals surface area contributed by atoms with Gasteiger partial charge in [0.15, 0.2) is 5.76 Å². The van der Waals surface area contributed by atoms with Gasteiger partial charge in [-0.25, -0.2) is 5.43 Å². The van der Waals surface area contributed by atoms with Crippen LogP contribution in [0.5, 0.6) is 5.75 Å². The molecule has 0 atom stereocenters. The first kappa shape index (κ1) is 16.7. The summed E-state index contributed by atoms with van der Waals surface area (Å²) in [7, 11) is 1.64. The van der Waals surface area contributed by atoms with Crippen molar-refractivity contribution >= 4 is 23.1 Å². The lowest BCUT2D eigenvalue weighted by Crippen LogP contribution is -2.16. The number of methoxy groups -OCH3 is 1. The number of aromatic nitrogens is 1. The quantitative estimate of drug-likeness (QED) is 0.433. The van der Waals surface area contributed by atoms with E-state index < -0.39 is 5.91 Å². The molecule has 134 valence electrons. The molecule has 0 aliphatic heterocycles. The lowest BCUT2D eigenvalue weighted by Gasteiger charge is -2.04. The van der Waals surface area contributed by atoms with E-state index in [4.69, 9.17) is 9.15 Å². The summed E-state index contributed by atoms with van der Waals surface area (Å²) in [6.45, 7) is 0. The monoisotopic (exact) mass is 359 g/mol. The molecule has 0 radical (unpaired) electrons. The molecule has 0 saturated carbocycles. The van der Waals surface area contributed by atoms with Crippen LogP contribution < -0.4 is 10.2 Å². The summed E-state index contributed by atoms with van der Waals surface area (Å²) in [6, 6.07) is 18.8. The van der Waals surface area contributed by atoms with Crippen LogP contribution in [0.2, 0.25) is 0 Å². The number of hydrogen-bond donors (Lipinski definition) is 1. The van der Waals surface area contributed by atoms with Gasteiger partial charge in [0.1, 0.15) is 11.3 Å². The summed E-state index contributed by atoms with van der Waals surface area (Å²) < 4.78 is 12.6. The first-order valence-electron chi connectivity index (χ1n) is 8.37. The van der Waals surface area contributed by atoms with Crippen molar-refractivity contribution < 1.29 is 13.9 Å². The maximum Gasteiger partial charge on any atom is 0.307 e. The molecule has 2 aromatic heterocycles. The van der Waals surface area contributed by atoms with Gasteiger partial charge in [-0.2, -0.15) is 5.10 Å². The second-order valence-corrected chi connectivity index (χ2v) is 5.90. The fourth-order valence-electron chi connectivity index (χ4n) is 2.72. The van der Waals surface area contributed by atoms with Crippen molar-refractivity contribution in [3.05, 3.63) is 84.4 Å². The summed E-state index contributed by atoms with van der Waals surface area (Å²) in [6.07, 6.45) is 5.42. The van der Waals surface area contributed by atoms with Crippen molar-refractivity contribution in [2.45, 2.75) is 0 Å². The maximum atomic E-state index is 12.2. The average Bonchev–Trinajstić information content (AvgIpc) is 3.35. The summed E-state index contributed by atoms with van der Waals surface area (Å²) in [5, 5.41) is 4.88. The molecular weight excluding hydrogens is 342 g/mol. The standard InChI is InChI=1S/C21H17N3O3/c1-26-18-8-6-17(7-9-18)24-11-10-15(14-24)13-22-23-21(25)20-12-16-4-2-3-5-19(16)27-20/h2-14H,1H3,(H,23,25)/b22-13+. The Kier molecular flexibility index (Phi) is 4.45. The Morgan fingerprint density at radius 2 is 1.96 bits per heavy atom. The lowest BCUT2D eigenvalue weighted by atomic mass is 10.2. The molecule has 1 amide bonds. The van der Waals surface area contributed by atoms with Crippen molar-refractivity contribution in [1.29, 1.82) is 0 Å². The van der Waals surface area contributed by atoms with Crippen molar-refractivity contribution in [2.75, 3.05) is 7.11 Å². The highest BCUT2D eigenvalue weighted by atomic mass is 16.5. The highest BCUT2D eigenvalue weighted by Crippen LogP contribution is 2.18. The van der Waals surface area contributed by atoms with Crippen LogP contribution in [0.25, 0.3) is 16.7 Å². The van der Waals surface area contributed by atoms with Crippen LogP contribution in [-0.2, 0) is 0 Å². The molecule has 0 saturated heterocycles. The zero-order valence-corrected chi connectivity index (χ0v) is 14.6. The Morgan fingerprint density at radius 1 is 1.15 bits per heavy atom. The SMILES string of the molecule is COc1ccc(-n2ccc(/C=N/NC(=O)c3cc4ccccc4o3)c2)cc1. The molecular formula is C21H17N3O3. The fraction of sp³-hybridized carbons (Fsp3) is 0.0476. The van der Waals surface area contributed by atoms with Gasteiger partial charge in [0.25, 0.3) is 0 Å². The number of carbonyl (C=O) groups excluding carboxylic acids is 1. The second kappa shape index (κ2) is 7.21. The number of nitrogens with zero attached hydrogens (tertiary/aromatic N) is 2. The minimum atomic E-state index is -0.392. The van der Waals surface area contributed by atoms with Crippen LogP contribution in [-0.4, -0.2) is 23.8 Å². The van der Waals surface area contributed by atoms with Crippen molar-refractivity contribution in [3.8, 4) is 11.4 Å². The summed E-state index contributed by atoms with van der Waals surface area (Å²) in [5.74, 6) is 0.641. The zero-order chi connectivity index (χ0) is 18.6. The van der Waals surface area contributed by atoms with Crippen LogP contribution in [0.1, 0.15) is 16.1 Å². The number of ether oxygens (including phenoxy) is 1. The van der Waals surface area contributed by atoms with E-state index >= 15 is 0 Å². The first-order chi connectivity index (χ1) is 13.2. The summed E-state index contributed by atoms with van der Waals surface area (Å²) in [4.78, 5) is 12.2. The number of hydrogen-bond acceptors (Lipinski definition) is 4. The van der Waals surface area contributed by atoms with E-state index in [1.54, 1.807) is 19.4 Å². The van der Waals surface area contributed by atoms with Gasteiger partial charge in [-0.3, -0.25) is 4.79 Å². The molecule has 0 aliphatic rings. The molecule has 0 aliphatic carbocycles. The van der Waals surface area contributed by atoms with E-state index in [1.807, 2.05) is 71.6 Å². The fourth-order valence-corrected chi connectivity index (χ4v) is 2.72. The number of amides is 1. The third kappa shape index (κ3) is 3.59. The molecule has 0 bridgehead atoms. The average molecular weight is 359 g/mol. The molecule has 4 rings (SSSR count). The van der Waals surface area contributed by atoms with Crippen LogP contribution in [0.15, 0.2) is 82.6 Å². The minimum absolute atomic E-state index is 0.226. The predicted molar refractivity (Wildman–Crippen MR) is 104 cm³/mol. The Morgan fingerprint density at radius 3 is 2.74 bits per heavy atom. The molecule has 6 heteroatoms. The number of benzene rings is 2. The van der Waals surface area contributed by atoms with E-state index in [2.05, 4.69) is 10.5 Å². The summed E-state index contributed by atoms with van der Waals surface area (Å²) >= 11 is 0. The van der Waals surface area contributed by atoms with Gasteiger partial charge in [0.05, 0.1) is 13.3 Å². The number of furan rings is 1. The van der Waals surface area contributed by atoms with Crippen molar-refractivity contribution in [3.63, 3.8) is 0 Å². The number of rotatable bonds is 5. The maximum absolute atomic E-state index is 12.2. The Balaban J connectivity index is 1.42. The zero-order valence-electron chi connectivity index (χ0n) is 14.6. The van der Waals surface area contributed by atoms with Gasteiger partial charge >= 0.3 is 5.91 Å². The van der Waals surface area contributed by atoms with E-state index in [1.165, 1.54) is 0 Å². The van der Waals surface area contributed by atoms with Gasteiger partial charge in [-0.15, -0.1) is 0 Å². The topological polar surface area (TPSA) is 68.8 Å². The predicted octanol–water partition coefficient (Wildman–Crippen LogP) is 4.00. The van der Waals surface area contributed by atoms with Gasteiger partial charge < -0.3 is 13.7 Å². The number of fused-ring (bicyclic) bond motifs is 1. The van der Waals surface area contributed by atoms with Crippen LogP contribution in [0, 0.1) is 0 Å². The smallest absolute Gasteiger partial charge is 0.307 e. The molecule has 1 N–H and O–H groups in total. The van der Waals surface area contributed by atoms with E-state index in [-0.39, 0.29) is 5.76 Å². The molecule has 0 spiro atoms. The second-order valence-electron chi connectivity index (χ2n) is 5.90. The number of nitrogens with one attached hydrogen (secondary N) is 1. The van der Waals surface area contributed by atoms with Crippen molar-refractivity contribution in [2.24, 2.45) is 5.10 Å². The summed E-state index contributed by atoms with van der Waals surface area (Å²) in [5.41, 5.74) is 5.01. The number of hydrazone groups is 1. The molecule has 27 heavy (non-hydrogen) atoms. The largest absolute Gasteiger partial charge is 0.497 e. The minimum Gasteiger partial charge on any atom is -0.497 e. The molecule has 2 aromatic carbocycles. The normalized spacial score (nSPS) is 11.1. The first-order valence-corrected chi connectivity index (χ1v) is 8.37. The molecule has 2 heterocycles. The van der Waals surface area contributed by atoms with Gasteiger partial charge in [0, 0.05) is 29.0 Å². The van der Waals surface area contributed by atoms with E-state index in [0.29, 0.717) is 5.58 Å². The third-order valence-electron chi connectivity index (χ3n) is 4.12. The molecule has 0 fully saturated rings. The van der Waals surface area contributed by atoms with Gasteiger partial charge in [-0.05, 0) is 42.5 Å². The van der Waals surface area contributed by atoms with Crippen molar-refractivity contribution in [1.82, 2.24) is 9.99 Å². The Bertz CT molecular complexity index is 1070. The van der Waals surface area contributed by atoms with Gasteiger partial charge in [-0.1, -0.05) is 18.2 Å². The van der Waals surface area contributed by atoms with Crippen LogP contribution in [0.3, 0.4) is 0 Å². The third-order valence-corrected chi connectivity index (χ3v) is 4.12. The highest BCUT2D eigenvalue weighted by molar-refractivity contribution is 5.96. The molecule has 6 nitrogen and oxygen atoms in total. The number of para-hydroxylation sites is 1. The van der Waals surface area contributed by atoms with Crippen LogP contribution >= 0.6 is 0 Å². The van der Waals surface area contributed by atoms with E-state index in [0.717, 1.165) is 22.4 Å².